The highest BCUT2D eigenvalue weighted by molar-refractivity contribution is 6.46. The number of rotatable bonds is 1. The minimum Gasteiger partial charge on any atom is -0.492 e. The molecule has 0 amide bonds. The Morgan fingerprint density at radius 1 is 1.35 bits per heavy atom. The number of hydrogen-bond donors (Lipinski definition) is 1. The maximum Gasteiger partial charge on any atom is 0.230 e. The number of carbonyl (C=O) groups excluding carboxylic acids is 2. The second kappa shape index (κ2) is 4.78. The van der Waals surface area contributed by atoms with Crippen LogP contribution in [-0.4, -0.2) is 23.3 Å². The number of fused-ring (bicyclic) bond motifs is 5. The normalized spacial score (nSPS) is 31.9. The van der Waals surface area contributed by atoms with E-state index in [-0.39, 0.29) is 23.9 Å². The third-order valence-electron chi connectivity index (χ3n) is 5.73. The monoisotopic (exact) mass is 312 g/mol. The molecule has 1 aromatic carbocycles. The zero-order valence-electron chi connectivity index (χ0n) is 13.4. The first kappa shape index (κ1) is 14.6. The Labute approximate surface area is 135 Å². The van der Waals surface area contributed by atoms with E-state index in [0.29, 0.717) is 5.56 Å². The third-order valence-corrected chi connectivity index (χ3v) is 5.73. The van der Waals surface area contributed by atoms with Crippen molar-refractivity contribution >= 4 is 11.6 Å². The number of ketones is 2. The van der Waals surface area contributed by atoms with Crippen LogP contribution in [0.15, 0.2) is 24.0 Å². The van der Waals surface area contributed by atoms with Gasteiger partial charge in [-0.05, 0) is 42.9 Å². The molecule has 3 aliphatic rings. The standard InChI is InChI=1S/C19H20O4/c1-10-8-23-18-12-5-6-13-11(4-3-7-19(13,2)9-20)15(12)17(22)16(21)14(10)18/h5-6,8,14,18,20H,3-4,7,9H2,1-2H3/t14-,18?,19-/m0/s1. The molecule has 1 aromatic rings. The van der Waals surface area contributed by atoms with Gasteiger partial charge in [0.1, 0.15) is 6.10 Å². The molecule has 0 fully saturated rings. The van der Waals surface area contributed by atoms with Crippen molar-refractivity contribution in [1.29, 1.82) is 0 Å². The molecule has 4 rings (SSSR count). The van der Waals surface area contributed by atoms with Gasteiger partial charge in [-0.25, -0.2) is 0 Å². The van der Waals surface area contributed by atoms with E-state index < -0.39 is 11.7 Å². The summed E-state index contributed by atoms with van der Waals surface area (Å²) in [5.74, 6) is -1.22. The Bertz CT molecular complexity index is 761. The van der Waals surface area contributed by atoms with Gasteiger partial charge in [-0.3, -0.25) is 9.59 Å². The SMILES string of the molecule is CC1=COC2c3ccc4c(c3C(=O)C(=O)[C@H]12)CCC[C@@]4(C)CO. The first-order valence-corrected chi connectivity index (χ1v) is 8.16. The molecule has 0 spiro atoms. The molecule has 3 atom stereocenters. The second-order valence-corrected chi connectivity index (χ2v) is 7.22. The van der Waals surface area contributed by atoms with E-state index in [4.69, 9.17) is 4.74 Å². The first-order chi connectivity index (χ1) is 11.0. The Hall–Kier alpha value is -1.94. The summed E-state index contributed by atoms with van der Waals surface area (Å²) in [4.78, 5) is 25.4. The second-order valence-electron chi connectivity index (χ2n) is 7.22. The predicted molar refractivity (Wildman–Crippen MR) is 84.2 cm³/mol. The number of ether oxygens (including phenoxy) is 1. The van der Waals surface area contributed by atoms with Crippen molar-refractivity contribution in [2.24, 2.45) is 5.92 Å². The van der Waals surface area contributed by atoms with Crippen LogP contribution in [0.2, 0.25) is 0 Å². The Kier molecular flexibility index (Phi) is 3.04. The Morgan fingerprint density at radius 2 is 2.13 bits per heavy atom. The molecule has 4 nitrogen and oxygen atoms in total. The van der Waals surface area contributed by atoms with Crippen LogP contribution in [0.25, 0.3) is 0 Å². The molecule has 0 bridgehead atoms. The molecular weight excluding hydrogens is 292 g/mol. The molecular formula is C19H20O4. The van der Waals surface area contributed by atoms with Crippen LogP contribution in [0.1, 0.15) is 59.8 Å². The predicted octanol–water partition coefficient (Wildman–Crippen LogP) is 2.63. The van der Waals surface area contributed by atoms with Crippen LogP contribution in [-0.2, 0) is 21.4 Å². The molecule has 0 saturated carbocycles. The molecule has 120 valence electrons. The molecule has 0 saturated heterocycles. The molecule has 0 aromatic heterocycles. The third kappa shape index (κ3) is 1.81. The van der Waals surface area contributed by atoms with E-state index in [1.54, 1.807) is 6.26 Å². The average molecular weight is 312 g/mol. The van der Waals surface area contributed by atoms with E-state index in [1.165, 1.54) is 0 Å². The summed E-state index contributed by atoms with van der Waals surface area (Å²) in [6.07, 6.45) is 3.81. The van der Waals surface area contributed by atoms with Gasteiger partial charge in [-0.15, -0.1) is 0 Å². The van der Waals surface area contributed by atoms with Crippen LogP contribution in [0.4, 0.5) is 0 Å². The smallest absolute Gasteiger partial charge is 0.230 e. The van der Waals surface area contributed by atoms with Crippen molar-refractivity contribution in [2.75, 3.05) is 6.61 Å². The molecule has 1 heterocycles. The molecule has 4 heteroatoms. The molecule has 0 radical (unpaired) electrons. The van der Waals surface area contributed by atoms with Gasteiger partial charge >= 0.3 is 0 Å². The van der Waals surface area contributed by atoms with Crippen LogP contribution in [0.3, 0.4) is 0 Å². The summed E-state index contributed by atoms with van der Waals surface area (Å²) in [6, 6.07) is 3.93. The number of aliphatic hydroxyl groups is 1. The van der Waals surface area contributed by atoms with Crippen molar-refractivity contribution in [2.45, 2.75) is 44.6 Å². The maximum absolute atomic E-state index is 12.8. The fourth-order valence-electron chi connectivity index (χ4n) is 4.38. The topological polar surface area (TPSA) is 63.6 Å². The van der Waals surface area contributed by atoms with Crippen LogP contribution < -0.4 is 0 Å². The van der Waals surface area contributed by atoms with Crippen LogP contribution in [0, 0.1) is 5.92 Å². The zero-order valence-corrected chi connectivity index (χ0v) is 13.4. The molecule has 1 aliphatic heterocycles. The van der Waals surface area contributed by atoms with Crippen LogP contribution >= 0.6 is 0 Å². The molecule has 2 aliphatic carbocycles. The van der Waals surface area contributed by atoms with Gasteiger partial charge in [-0.2, -0.15) is 0 Å². The van der Waals surface area contributed by atoms with Gasteiger partial charge in [0.25, 0.3) is 0 Å². The summed E-state index contributed by atoms with van der Waals surface area (Å²) >= 11 is 0. The summed E-state index contributed by atoms with van der Waals surface area (Å²) in [6.45, 7) is 3.90. The molecule has 23 heavy (non-hydrogen) atoms. The molecule has 1 unspecified atom stereocenters. The summed E-state index contributed by atoms with van der Waals surface area (Å²) in [5.41, 5.74) is 3.79. The summed E-state index contributed by atoms with van der Waals surface area (Å²) in [5, 5.41) is 9.82. The lowest BCUT2D eigenvalue weighted by atomic mass is 9.67. The highest BCUT2D eigenvalue weighted by Crippen LogP contribution is 2.47. The zero-order chi connectivity index (χ0) is 16.4. The average Bonchev–Trinajstić information content (AvgIpc) is 2.94. The highest BCUT2D eigenvalue weighted by atomic mass is 16.5. The van der Waals surface area contributed by atoms with Gasteiger partial charge in [0, 0.05) is 16.5 Å². The van der Waals surface area contributed by atoms with E-state index in [0.717, 1.165) is 41.5 Å². The first-order valence-electron chi connectivity index (χ1n) is 8.16. The number of carbonyl (C=O) groups is 2. The van der Waals surface area contributed by atoms with E-state index >= 15 is 0 Å². The van der Waals surface area contributed by atoms with Gasteiger partial charge in [0.05, 0.1) is 18.8 Å². The fourth-order valence-corrected chi connectivity index (χ4v) is 4.38. The minimum absolute atomic E-state index is 0.0458. The largest absolute Gasteiger partial charge is 0.492 e. The van der Waals surface area contributed by atoms with Crippen molar-refractivity contribution in [3.8, 4) is 0 Å². The minimum atomic E-state index is -0.471. The van der Waals surface area contributed by atoms with E-state index in [2.05, 4.69) is 0 Å². The fraction of sp³-hybridized carbons (Fsp3) is 0.474. The number of Topliss-reactive ketones (excluding diaryl/α,β-unsaturated/α-hetero) is 2. The number of benzene rings is 1. The molecule has 1 N–H and O–H groups in total. The Morgan fingerprint density at radius 3 is 2.87 bits per heavy atom. The van der Waals surface area contributed by atoms with Crippen molar-refractivity contribution in [3.05, 3.63) is 46.2 Å². The van der Waals surface area contributed by atoms with Crippen molar-refractivity contribution in [3.63, 3.8) is 0 Å². The summed E-state index contributed by atoms with van der Waals surface area (Å²) in [7, 11) is 0. The Balaban J connectivity index is 1.94. The van der Waals surface area contributed by atoms with Crippen molar-refractivity contribution < 1.29 is 19.4 Å². The van der Waals surface area contributed by atoms with E-state index in [1.807, 2.05) is 26.0 Å². The lowest BCUT2D eigenvalue weighted by molar-refractivity contribution is -0.120. The number of aliphatic hydroxyl groups excluding tert-OH is 1. The number of hydrogen-bond acceptors (Lipinski definition) is 4. The van der Waals surface area contributed by atoms with Crippen molar-refractivity contribution in [1.82, 2.24) is 0 Å². The lowest BCUT2D eigenvalue weighted by Gasteiger charge is -2.37. The maximum atomic E-state index is 12.8. The van der Waals surface area contributed by atoms with Gasteiger partial charge < -0.3 is 9.84 Å². The van der Waals surface area contributed by atoms with Gasteiger partial charge in [0.2, 0.25) is 11.6 Å². The lowest BCUT2D eigenvalue weighted by Crippen LogP contribution is -2.38. The quantitative estimate of drug-likeness (QED) is 0.810. The van der Waals surface area contributed by atoms with E-state index in [9.17, 15) is 14.7 Å². The van der Waals surface area contributed by atoms with Gasteiger partial charge in [-0.1, -0.05) is 19.1 Å². The summed E-state index contributed by atoms with van der Waals surface area (Å²) < 4.78 is 5.70. The van der Waals surface area contributed by atoms with Gasteiger partial charge in [0.15, 0.2) is 0 Å². The highest BCUT2D eigenvalue weighted by Gasteiger charge is 2.48. The van der Waals surface area contributed by atoms with Crippen LogP contribution in [0.5, 0.6) is 0 Å².